The first kappa shape index (κ1) is 17.4. The van der Waals surface area contributed by atoms with Gasteiger partial charge in [0.15, 0.2) is 17.3 Å². The summed E-state index contributed by atoms with van der Waals surface area (Å²) < 4.78 is 25.8. The number of aryl methyl sites for hydroxylation is 2. The van der Waals surface area contributed by atoms with Crippen LogP contribution in [0.25, 0.3) is 16.3 Å². The smallest absolute Gasteiger partial charge is 0.234 e. The van der Waals surface area contributed by atoms with Gasteiger partial charge >= 0.3 is 0 Å². The van der Waals surface area contributed by atoms with Crippen LogP contribution >= 0.6 is 11.3 Å². The number of benzene rings is 2. The molecule has 6 nitrogen and oxygen atoms in total. The third-order valence-corrected chi connectivity index (χ3v) is 5.15. The van der Waals surface area contributed by atoms with Crippen LogP contribution in [0, 0.1) is 5.82 Å². The molecule has 2 aromatic heterocycles. The Balaban J connectivity index is 1.55. The third-order valence-electron chi connectivity index (χ3n) is 4.19. The normalized spacial score (nSPS) is 11.1. The van der Waals surface area contributed by atoms with E-state index in [9.17, 15) is 4.39 Å². The first-order chi connectivity index (χ1) is 13.2. The molecule has 138 valence electrons. The molecule has 0 amide bonds. The molecule has 0 aliphatic carbocycles. The minimum Gasteiger partial charge on any atom is -0.493 e. The van der Waals surface area contributed by atoms with Crippen LogP contribution in [0.15, 0.2) is 42.5 Å². The van der Waals surface area contributed by atoms with Crippen molar-refractivity contribution in [1.82, 2.24) is 19.8 Å². The second-order valence-corrected chi connectivity index (χ2v) is 6.95. The van der Waals surface area contributed by atoms with Crippen molar-refractivity contribution in [2.75, 3.05) is 14.2 Å². The summed E-state index contributed by atoms with van der Waals surface area (Å²) >= 11 is 1.48. The van der Waals surface area contributed by atoms with Gasteiger partial charge in [0.25, 0.3) is 0 Å². The highest BCUT2D eigenvalue weighted by molar-refractivity contribution is 7.16. The largest absolute Gasteiger partial charge is 0.493 e. The number of ether oxygens (including phenoxy) is 2. The molecule has 0 atom stereocenters. The lowest BCUT2D eigenvalue weighted by atomic mass is 10.1. The molecule has 0 fully saturated rings. The van der Waals surface area contributed by atoms with Gasteiger partial charge in [-0.1, -0.05) is 29.5 Å². The number of hydrogen-bond acceptors (Lipinski definition) is 6. The fraction of sp³-hybridized carbons (Fsp3) is 0.211. The summed E-state index contributed by atoms with van der Waals surface area (Å²) in [7, 11) is 3.24. The molecule has 0 aliphatic rings. The Bertz CT molecular complexity index is 1090. The van der Waals surface area contributed by atoms with Gasteiger partial charge in [-0.3, -0.25) is 0 Å². The van der Waals surface area contributed by atoms with Gasteiger partial charge in [-0.15, -0.1) is 10.2 Å². The van der Waals surface area contributed by atoms with Crippen molar-refractivity contribution in [3.05, 3.63) is 58.9 Å². The molecule has 4 rings (SSSR count). The molecule has 4 aromatic rings. The lowest BCUT2D eigenvalue weighted by Crippen LogP contribution is -1.96. The van der Waals surface area contributed by atoms with Gasteiger partial charge in [0, 0.05) is 12.0 Å². The predicted molar refractivity (Wildman–Crippen MR) is 101 cm³/mol. The Morgan fingerprint density at radius 2 is 1.85 bits per heavy atom. The van der Waals surface area contributed by atoms with Gasteiger partial charge in [0.05, 0.1) is 14.2 Å². The molecule has 0 saturated carbocycles. The highest BCUT2D eigenvalue weighted by Crippen LogP contribution is 2.28. The van der Waals surface area contributed by atoms with E-state index >= 15 is 0 Å². The summed E-state index contributed by atoms with van der Waals surface area (Å²) in [6, 6.07) is 12.2. The van der Waals surface area contributed by atoms with Crippen LogP contribution in [0.3, 0.4) is 0 Å². The average Bonchev–Trinajstić information content (AvgIpc) is 3.26. The van der Waals surface area contributed by atoms with E-state index in [0.29, 0.717) is 27.8 Å². The van der Waals surface area contributed by atoms with Crippen LogP contribution in [-0.4, -0.2) is 34.0 Å². The molecule has 0 bridgehead atoms. The first-order valence-electron chi connectivity index (χ1n) is 8.36. The van der Waals surface area contributed by atoms with Crippen molar-refractivity contribution in [3.63, 3.8) is 0 Å². The Kier molecular flexibility index (Phi) is 4.72. The molecule has 2 heterocycles. The molecule has 0 N–H and O–H groups in total. The number of halogens is 1. The fourth-order valence-corrected chi connectivity index (χ4v) is 3.69. The van der Waals surface area contributed by atoms with Crippen molar-refractivity contribution in [2.45, 2.75) is 12.8 Å². The summed E-state index contributed by atoms with van der Waals surface area (Å²) in [5.41, 5.74) is 1.78. The van der Waals surface area contributed by atoms with Gasteiger partial charge < -0.3 is 9.47 Å². The molecule has 0 saturated heterocycles. The molecular weight excluding hydrogens is 367 g/mol. The second-order valence-electron chi connectivity index (χ2n) is 5.91. The maximum Gasteiger partial charge on any atom is 0.234 e. The Morgan fingerprint density at radius 1 is 1.00 bits per heavy atom. The monoisotopic (exact) mass is 384 g/mol. The van der Waals surface area contributed by atoms with Gasteiger partial charge in [0.1, 0.15) is 10.8 Å². The summed E-state index contributed by atoms with van der Waals surface area (Å²) in [4.78, 5) is 0.691. The lowest BCUT2D eigenvalue weighted by molar-refractivity contribution is 0.354. The molecule has 2 aromatic carbocycles. The Hall–Kier alpha value is -3.00. The molecule has 0 radical (unpaired) electrons. The molecule has 8 heteroatoms. The van der Waals surface area contributed by atoms with Crippen LogP contribution in [0.5, 0.6) is 11.5 Å². The zero-order valence-electron chi connectivity index (χ0n) is 14.8. The zero-order valence-corrected chi connectivity index (χ0v) is 15.7. The fourth-order valence-electron chi connectivity index (χ4n) is 2.85. The molecule has 27 heavy (non-hydrogen) atoms. The standard InChI is InChI=1S/C19H17FN4O2S/c1-25-15-8-6-12(10-16(15)26-2)7-9-17-23-24-18(21-22-19(24)27-17)13-4-3-5-14(20)11-13/h3-6,8,10-11H,7,9H2,1-2H3. The average molecular weight is 384 g/mol. The minimum absolute atomic E-state index is 0.312. The summed E-state index contributed by atoms with van der Waals surface area (Å²) in [5, 5.41) is 13.8. The number of aromatic nitrogens is 4. The quantitative estimate of drug-likeness (QED) is 0.506. The topological polar surface area (TPSA) is 61.5 Å². The zero-order chi connectivity index (χ0) is 18.8. The Morgan fingerprint density at radius 3 is 2.63 bits per heavy atom. The highest BCUT2D eigenvalue weighted by atomic mass is 32.1. The van der Waals surface area contributed by atoms with E-state index < -0.39 is 0 Å². The van der Waals surface area contributed by atoms with Crippen molar-refractivity contribution in [3.8, 4) is 22.9 Å². The lowest BCUT2D eigenvalue weighted by Gasteiger charge is -2.09. The molecule has 0 spiro atoms. The summed E-state index contributed by atoms with van der Waals surface area (Å²) in [5.74, 6) is 1.65. The van der Waals surface area contributed by atoms with Crippen molar-refractivity contribution in [2.24, 2.45) is 0 Å². The molecule has 0 unspecified atom stereocenters. The number of methoxy groups -OCH3 is 2. The number of nitrogens with zero attached hydrogens (tertiary/aromatic N) is 4. The van der Waals surface area contributed by atoms with E-state index in [2.05, 4.69) is 15.3 Å². The van der Waals surface area contributed by atoms with Crippen LogP contribution in [0.1, 0.15) is 10.6 Å². The Labute approximate surface area is 159 Å². The second kappa shape index (κ2) is 7.32. The van der Waals surface area contributed by atoms with Crippen LogP contribution in [0.4, 0.5) is 4.39 Å². The minimum atomic E-state index is -0.312. The molecular formula is C19H17FN4O2S. The maximum atomic E-state index is 13.5. The number of fused-ring (bicyclic) bond motifs is 1. The van der Waals surface area contributed by atoms with Gasteiger partial charge in [-0.05, 0) is 36.2 Å². The first-order valence-corrected chi connectivity index (χ1v) is 9.17. The van der Waals surface area contributed by atoms with E-state index in [4.69, 9.17) is 9.47 Å². The van der Waals surface area contributed by atoms with E-state index in [0.717, 1.165) is 23.4 Å². The summed E-state index contributed by atoms with van der Waals surface area (Å²) in [6.45, 7) is 0. The number of hydrogen-bond donors (Lipinski definition) is 0. The van der Waals surface area contributed by atoms with Crippen LogP contribution < -0.4 is 9.47 Å². The SMILES string of the molecule is COc1ccc(CCc2nn3c(-c4cccc(F)c4)nnc3s2)cc1OC. The van der Waals surface area contributed by atoms with E-state index in [1.54, 1.807) is 30.9 Å². The highest BCUT2D eigenvalue weighted by Gasteiger charge is 2.14. The van der Waals surface area contributed by atoms with Gasteiger partial charge in [0.2, 0.25) is 4.96 Å². The van der Waals surface area contributed by atoms with Crippen LogP contribution in [-0.2, 0) is 12.8 Å². The maximum absolute atomic E-state index is 13.5. The van der Waals surface area contributed by atoms with E-state index in [-0.39, 0.29) is 5.82 Å². The van der Waals surface area contributed by atoms with E-state index in [1.165, 1.54) is 23.5 Å². The van der Waals surface area contributed by atoms with Gasteiger partial charge in [-0.2, -0.15) is 9.61 Å². The summed E-state index contributed by atoms with van der Waals surface area (Å²) in [6.07, 6.45) is 1.56. The van der Waals surface area contributed by atoms with Crippen molar-refractivity contribution >= 4 is 16.3 Å². The van der Waals surface area contributed by atoms with Crippen LogP contribution in [0.2, 0.25) is 0 Å². The predicted octanol–water partition coefficient (Wildman–Crippen LogP) is 3.79. The third kappa shape index (κ3) is 3.48. The number of rotatable bonds is 6. The van der Waals surface area contributed by atoms with E-state index in [1.807, 2.05) is 18.2 Å². The van der Waals surface area contributed by atoms with Crippen molar-refractivity contribution < 1.29 is 13.9 Å². The molecule has 0 aliphatic heterocycles. The van der Waals surface area contributed by atoms with Gasteiger partial charge in [-0.25, -0.2) is 4.39 Å². The van der Waals surface area contributed by atoms with Crippen molar-refractivity contribution in [1.29, 1.82) is 0 Å².